The maximum atomic E-state index is 13.6. The van der Waals surface area contributed by atoms with Crippen LogP contribution in [0.15, 0.2) is 28.7 Å². The molecule has 0 spiro atoms. The van der Waals surface area contributed by atoms with Gasteiger partial charge in [0.05, 0.1) is 6.42 Å². The van der Waals surface area contributed by atoms with E-state index < -0.39 is 0 Å². The third-order valence-corrected chi connectivity index (χ3v) is 3.96. The average molecular weight is 318 g/mol. The number of halogens is 1. The molecule has 1 aliphatic heterocycles. The number of anilines is 1. The standard InChI is InChI=1S/C16H19FN4O2/c1-2-14-18-19-16(23-14)21-9-7-20(8-10-21)15(22)11-12-5-3-4-6-13(12)17/h3-6H,2,7-11H2,1H3. The minimum Gasteiger partial charge on any atom is -0.408 e. The molecule has 0 bridgehead atoms. The molecule has 6 nitrogen and oxygen atoms in total. The van der Waals surface area contributed by atoms with Crippen molar-refractivity contribution in [1.82, 2.24) is 15.1 Å². The first kappa shape index (κ1) is 15.5. The number of carbonyl (C=O) groups excluding carboxylic acids is 1. The highest BCUT2D eigenvalue weighted by Gasteiger charge is 2.24. The van der Waals surface area contributed by atoms with Crippen LogP contribution in [0.5, 0.6) is 0 Å². The largest absolute Gasteiger partial charge is 0.408 e. The lowest BCUT2D eigenvalue weighted by atomic mass is 10.1. The molecule has 2 aromatic rings. The smallest absolute Gasteiger partial charge is 0.318 e. The fourth-order valence-electron chi connectivity index (χ4n) is 2.58. The number of piperazine rings is 1. The van der Waals surface area contributed by atoms with Crippen LogP contribution >= 0.6 is 0 Å². The highest BCUT2D eigenvalue weighted by molar-refractivity contribution is 5.79. The van der Waals surface area contributed by atoms with Crippen LogP contribution in [-0.4, -0.2) is 47.2 Å². The van der Waals surface area contributed by atoms with Gasteiger partial charge >= 0.3 is 6.01 Å². The number of rotatable bonds is 4. The van der Waals surface area contributed by atoms with E-state index in [4.69, 9.17) is 4.42 Å². The van der Waals surface area contributed by atoms with Crippen molar-refractivity contribution in [1.29, 1.82) is 0 Å². The minimum absolute atomic E-state index is 0.0606. The molecular weight excluding hydrogens is 299 g/mol. The van der Waals surface area contributed by atoms with Gasteiger partial charge in [-0.05, 0) is 11.6 Å². The minimum atomic E-state index is -0.336. The van der Waals surface area contributed by atoms with Crippen LogP contribution in [0.25, 0.3) is 0 Å². The summed E-state index contributed by atoms with van der Waals surface area (Å²) < 4.78 is 19.2. The molecule has 0 atom stereocenters. The Morgan fingerprint density at radius 2 is 1.96 bits per heavy atom. The maximum Gasteiger partial charge on any atom is 0.318 e. The highest BCUT2D eigenvalue weighted by Crippen LogP contribution is 2.16. The van der Waals surface area contributed by atoms with Gasteiger partial charge in [-0.25, -0.2) is 4.39 Å². The first-order valence-corrected chi connectivity index (χ1v) is 7.76. The van der Waals surface area contributed by atoms with Crippen molar-refractivity contribution < 1.29 is 13.6 Å². The van der Waals surface area contributed by atoms with E-state index in [2.05, 4.69) is 10.2 Å². The van der Waals surface area contributed by atoms with Crippen molar-refractivity contribution in [2.75, 3.05) is 31.1 Å². The molecule has 1 aliphatic rings. The van der Waals surface area contributed by atoms with E-state index >= 15 is 0 Å². The summed E-state index contributed by atoms with van der Waals surface area (Å²) in [6, 6.07) is 6.89. The summed E-state index contributed by atoms with van der Waals surface area (Å²) >= 11 is 0. The first-order chi connectivity index (χ1) is 11.2. The lowest BCUT2D eigenvalue weighted by Gasteiger charge is -2.33. The molecule has 0 unspecified atom stereocenters. The van der Waals surface area contributed by atoms with E-state index in [0.717, 1.165) is 0 Å². The molecule has 2 heterocycles. The van der Waals surface area contributed by atoms with Crippen molar-refractivity contribution >= 4 is 11.9 Å². The van der Waals surface area contributed by atoms with E-state index in [0.29, 0.717) is 50.1 Å². The molecule has 1 aromatic heterocycles. The molecule has 0 saturated carbocycles. The van der Waals surface area contributed by atoms with E-state index in [1.165, 1.54) is 6.07 Å². The van der Waals surface area contributed by atoms with E-state index in [1.54, 1.807) is 23.1 Å². The number of aryl methyl sites for hydroxylation is 1. The van der Waals surface area contributed by atoms with Gasteiger partial charge in [0.15, 0.2) is 0 Å². The van der Waals surface area contributed by atoms with Crippen LogP contribution in [0.3, 0.4) is 0 Å². The molecule has 0 aliphatic carbocycles. The molecule has 7 heteroatoms. The normalized spacial score (nSPS) is 15.0. The lowest BCUT2D eigenvalue weighted by molar-refractivity contribution is -0.130. The predicted molar refractivity (Wildman–Crippen MR) is 82.6 cm³/mol. The maximum absolute atomic E-state index is 13.6. The predicted octanol–water partition coefficient (Wildman–Crippen LogP) is 1.66. The molecule has 1 saturated heterocycles. The molecule has 23 heavy (non-hydrogen) atoms. The van der Waals surface area contributed by atoms with Crippen LogP contribution in [0.1, 0.15) is 18.4 Å². The summed E-state index contributed by atoms with van der Waals surface area (Å²) in [5.41, 5.74) is 0.435. The summed E-state index contributed by atoms with van der Waals surface area (Å²) in [7, 11) is 0. The second-order valence-electron chi connectivity index (χ2n) is 5.47. The van der Waals surface area contributed by atoms with Gasteiger partial charge in [0.2, 0.25) is 11.8 Å². The number of hydrogen-bond acceptors (Lipinski definition) is 5. The Labute approximate surface area is 133 Å². The van der Waals surface area contributed by atoms with Crippen molar-refractivity contribution in [3.05, 3.63) is 41.5 Å². The second kappa shape index (κ2) is 6.76. The zero-order valence-corrected chi connectivity index (χ0v) is 13.0. The van der Waals surface area contributed by atoms with Gasteiger partial charge in [-0.2, -0.15) is 0 Å². The van der Waals surface area contributed by atoms with Crippen LogP contribution in [-0.2, 0) is 17.6 Å². The molecule has 1 amide bonds. The van der Waals surface area contributed by atoms with Gasteiger partial charge in [0.1, 0.15) is 5.82 Å². The lowest BCUT2D eigenvalue weighted by Crippen LogP contribution is -2.49. The van der Waals surface area contributed by atoms with Crippen molar-refractivity contribution in [2.45, 2.75) is 19.8 Å². The molecule has 0 N–H and O–H groups in total. The number of carbonyl (C=O) groups is 1. The van der Waals surface area contributed by atoms with Gasteiger partial charge < -0.3 is 14.2 Å². The molecule has 3 rings (SSSR count). The van der Waals surface area contributed by atoms with Crippen molar-refractivity contribution in [3.63, 3.8) is 0 Å². The molecule has 122 valence electrons. The Morgan fingerprint density at radius 3 is 2.61 bits per heavy atom. The molecule has 1 aromatic carbocycles. The van der Waals surface area contributed by atoms with E-state index in [-0.39, 0.29) is 18.1 Å². The van der Waals surface area contributed by atoms with E-state index in [9.17, 15) is 9.18 Å². The number of nitrogens with zero attached hydrogens (tertiary/aromatic N) is 4. The molecular formula is C16H19FN4O2. The summed E-state index contributed by atoms with van der Waals surface area (Å²) in [5, 5.41) is 7.97. The van der Waals surface area contributed by atoms with Gasteiger partial charge in [0.25, 0.3) is 0 Å². The molecule has 0 radical (unpaired) electrons. The zero-order valence-electron chi connectivity index (χ0n) is 13.0. The van der Waals surface area contributed by atoms with Crippen LogP contribution < -0.4 is 4.90 Å². The highest BCUT2D eigenvalue weighted by atomic mass is 19.1. The topological polar surface area (TPSA) is 62.5 Å². The van der Waals surface area contributed by atoms with E-state index in [1.807, 2.05) is 11.8 Å². The quantitative estimate of drug-likeness (QED) is 0.858. The fraction of sp³-hybridized carbons (Fsp3) is 0.438. The van der Waals surface area contributed by atoms with Gasteiger partial charge in [-0.1, -0.05) is 30.2 Å². The summed E-state index contributed by atoms with van der Waals surface area (Å²) in [6.45, 7) is 4.35. The molecule has 1 fully saturated rings. The summed E-state index contributed by atoms with van der Waals surface area (Å²) in [5.74, 6) is 0.213. The Hall–Kier alpha value is -2.44. The number of amides is 1. The average Bonchev–Trinajstić information content (AvgIpc) is 3.06. The van der Waals surface area contributed by atoms with Gasteiger partial charge in [-0.15, -0.1) is 5.10 Å². The third kappa shape index (κ3) is 3.49. The summed E-state index contributed by atoms with van der Waals surface area (Å²) in [6.07, 6.45) is 0.793. The van der Waals surface area contributed by atoms with Crippen molar-refractivity contribution in [3.8, 4) is 0 Å². The van der Waals surface area contributed by atoms with Crippen molar-refractivity contribution in [2.24, 2.45) is 0 Å². The number of aromatic nitrogens is 2. The second-order valence-corrected chi connectivity index (χ2v) is 5.47. The Bertz CT molecular complexity index is 680. The third-order valence-electron chi connectivity index (χ3n) is 3.96. The van der Waals surface area contributed by atoms with Crippen LogP contribution in [0.4, 0.5) is 10.4 Å². The van der Waals surface area contributed by atoms with Gasteiger partial charge in [-0.3, -0.25) is 4.79 Å². The van der Waals surface area contributed by atoms with Gasteiger partial charge in [0, 0.05) is 32.6 Å². The SMILES string of the molecule is CCc1nnc(N2CCN(C(=O)Cc3ccccc3F)CC2)o1. The van der Waals surface area contributed by atoms with Crippen LogP contribution in [0, 0.1) is 5.82 Å². The Morgan fingerprint density at radius 1 is 1.22 bits per heavy atom. The van der Waals surface area contributed by atoms with Crippen LogP contribution in [0.2, 0.25) is 0 Å². The monoisotopic (exact) mass is 318 g/mol. The fourth-order valence-corrected chi connectivity index (χ4v) is 2.58. The number of benzene rings is 1. The Balaban J connectivity index is 1.56. The summed E-state index contributed by atoms with van der Waals surface area (Å²) in [4.78, 5) is 16.0. The number of hydrogen-bond donors (Lipinski definition) is 0. The zero-order chi connectivity index (χ0) is 16.2. The Kier molecular flexibility index (Phi) is 4.55. The first-order valence-electron chi connectivity index (χ1n) is 7.76.